The summed E-state index contributed by atoms with van der Waals surface area (Å²) >= 11 is 1.67. The number of hydrogen-bond acceptors (Lipinski definition) is 5. The third kappa shape index (κ3) is 2.70. The van der Waals surface area contributed by atoms with Gasteiger partial charge in [0.15, 0.2) is 5.17 Å². The monoisotopic (exact) mass is 316 g/mol. The van der Waals surface area contributed by atoms with E-state index >= 15 is 0 Å². The van der Waals surface area contributed by atoms with Crippen LogP contribution in [0.3, 0.4) is 0 Å². The first kappa shape index (κ1) is 15.0. The highest BCUT2D eigenvalue weighted by atomic mass is 32.2. The molecule has 0 spiro atoms. The van der Waals surface area contributed by atoms with E-state index in [1.807, 2.05) is 43.3 Å². The minimum absolute atomic E-state index is 0.0108. The molecule has 3 rings (SSSR count). The van der Waals surface area contributed by atoms with Crippen molar-refractivity contribution in [1.82, 2.24) is 10.3 Å². The maximum Gasteiger partial charge on any atom is 0.276 e. The number of amidine groups is 1. The molecule has 1 aromatic carbocycles. The molecule has 1 amide bonds. The van der Waals surface area contributed by atoms with Gasteiger partial charge in [-0.05, 0) is 43.5 Å². The van der Waals surface area contributed by atoms with Crippen LogP contribution in [0, 0.1) is 13.8 Å². The van der Waals surface area contributed by atoms with Crippen molar-refractivity contribution < 1.29 is 4.79 Å². The molecule has 0 saturated carbocycles. The molecule has 1 aromatic rings. The number of anilines is 1. The van der Waals surface area contributed by atoms with E-state index < -0.39 is 6.17 Å². The number of rotatable bonds is 3. The van der Waals surface area contributed by atoms with Crippen molar-refractivity contribution in [2.24, 2.45) is 5.10 Å². The van der Waals surface area contributed by atoms with Crippen LogP contribution in [0.25, 0.3) is 0 Å². The topological polar surface area (TPSA) is 47.9 Å². The van der Waals surface area contributed by atoms with E-state index in [0.717, 1.165) is 34.2 Å². The first-order valence-electron chi connectivity index (χ1n) is 7.44. The molecule has 22 heavy (non-hydrogen) atoms. The number of fused-ring (bicyclic) bond motifs is 1. The average molecular weight is 316 g/mol. The molecule has 0 radical (unpaired) electrons. The van der Waals surface area contributed by atoms with E-state index in [1.165, 1.54) is 0 Å². The zero-order valence-electron chi connectivity index (χ0n) is 13.0. The zero-order valence-corrected chi connectivity index (χ0v) is 13.9. The quantitative estimate of drug-likeness (QED) is 0.931. The predicted octanol–water partition coefficient (Wildman–Crippen LogP) is 2.77. The lowest BCUT2D eigenvalue weighted by molar-refractivity contribution is -0.122. The van der Waals surface area contributed by atoms with Gasteiger partial charge < -0.3 is 0 Å². The molecule has 1 atom stereocenters. The number of amides is 1. The highest BCUT2D eigenvalue weighted by Crippen LogP contribution is 2.27. The Hall–Kier alpha value is -1.95. The molecule has 1 N–H and O–H groups in total. The average Bonchev–Trinajstić information content (AvgIpc) is 2.88. The Balaban J connectivity index is 1.84. The van der Waals surface area contributed by atoms with Crippen molar-refractivity contribution in [3.63, 3.8) is 0 Å². The summed E-state index contributed by atoms with van der Waals surface area (Å²) in [7, 11) is 0. The molecule has 0 aliphatic carbocycles. The van der Waals surface area contributed by atoms with Gasteiger partial charge in [0.25, 0.3) is 5.91 Å². The summed E-state index contributed by atoms with van der Waals surface area (Å²) in [5.74, 6) is 0.982. The van der Waals surface area contributed by atoms with Gasteiger partial charge in [0.05, 0.1) is 0 Å². The second kappa shape index (κ2) is 6.04. The molecule has 116 valence electrons. The molecule has 0 saturated heterocycles. The summed E-state index contributed by atoms with van der Waals surface area (Å²) in [6.45, 7) is 6.21. The van der Waals surface area contributed by atoms with Crippen molar-refractivity contribution in [3.05, 3.63) is 41.7 Å². The molecule has 0 aromatic heterocycles. The van der Waals surface area contributed by atoms with Gasteiger partial charge in [-0.25, -0.2) is 0 Å². The molecule has 2 heterocycles. The van der Waals surface area contributed by atoms with Crippen LogP contribution in [0.15, 0.2) is 35.7 Å². The molecule has 0 fully saturated rings. The molecule has 5 nitrogen and oxygen atoms in total. The van der Waals surface area contributed by atoms with Crippen LogP contribution in [0.1, 0.15) is 24.5 Å². The first-order valence-corrected chi connectivity index (χ1v) is 8.42. The third-order valence-electron chi connectivity index (χ3n) is 3.55. The molecule has 0 bridgehead atoms. The molecule has 6 heteroatoms. The van der Waals surface area contributed by atoms with Crippen LogP contribution >= 0.6 is 11.8 Å². The largest absolute Gasteiger partial charge is 0.294 e. The molecular weight excluding hydrogens is 296 g/mol. The maximum absolute atomic E-state index is 12.7. The van der Waals surface area contributed by atoms with Crippen molar-refractivity contribution >= 4 is 28.5 Å². The van der Waals surface area contributed by atoms with E-state index in [-0.39, 0.29) is 5.91 Å². The predicted molar refractivity (Wildman–Crippen MR) is 91.5 cm³/mol. The van der Waals surface area contributed by atoms with Gasteiger partial charge >= 0.3 is 0 Å². The van der Waals surface area contributed by atoms with Crippen molar-refractivity contribution in [2.45, 2.75) is 33.4 Å². The van der Waals surface area contributed by atoms with Crippen LogP contribution in [0.2, 0.25) is 0 Å². The fourth-order valence-electron chi connectivity index (χ4n) is 2.62. The lowest BCUT2D eigenvalue weighted by Crippen LogP contribution is -2.52. The number of benzene rings is 1. The lowest BCUT2D eigenvalue weighted by Gasteiger charge is -2.32. The van der Waals surface area contributed by atoms with Gasteiger partial charge in [0.1, 0.15) is 0 Å². The van der Waals surface area contributed by atoms with Gasteiger partial charge in [-0.1, -0.05) is 24.8 Å². The van der Waals surface area contributed by atoms with Gasteiger partial charge in [0, 0.05) is 23.8 Å². The Kier molecular flexibility index (Phi) is 4.11. The number of hydrazone groups is 1. The zero-order chi connectivity index (χ0) is 15.7. The second-order valence-corrected chi connectivity index (χ2v) is 6.60. The fourth-order valence-corrected chi connectivity index (χ4v) is 3.44. The van der Waals surface area contributed by atoms with Crippen molar-refractivity contribution in [1.29, 1.82) is 0 Å². The standard InChI is InChI=1S/C16H20N4OS/c1-4-7-22-16-18-17-14-15(21)19(5-6-20(14)16)13-9-11(2)8-12(3)10-13/h5-6,8-10,14,17H,4,7H2,1-3H3. The van der Waals surface area contributed by atoms with Crippen LogP contribution in [-0.4, -0.2) is 27.9 Å². The summed E-state index contributed by atoms with van der Waals surface area (Å²) in [4.78, 5) is 16.3. The van der Waals surface area contributed by atoms with Crippen LogP contribution in [0.5, 0.6) is 0 Å². The van der Waals surface area contributed by atoms with Crippen LogP contribution in [0.4, 0.5) is 5.69 Å². The van der Waals surface area contributed by atoms with Crippen molar-refractivity contribution in [2.75, 3.05) is 10.7 Å². The number of carbonyl (C=O) groups is 1. The number of carbonyl (C=O) groups excluding carboxylic acids is 1. The first-order chi connectivity index (χ1) is 10.6. The Bertz CT molecular complexity index is 635. The number of nitrogens with one attached hydrogen (secondary N) is 1. The Morgan fingerprint density at radius 1 is 1.23 bits per heavy atom. The van der Waals surface area contributed by atoms with E-state index in [4.69, 9.17) is 0 Å². The second-order valence-electron chi connectivity index (χ2n) is 5.53. The Morgan fingerprint density at radius 2 is 1.95 bits per heavy atom. The summed E-state index contributed by atoms with van der Waals surface area (Å²) < 4.78 is 0. The smallest absolute Gasteiger partial charge is 0.276 e. The van der Waals surface area contributed by atoms with E-state index in [9.17, 15) is 4.79 Å². The minimum atomic E-state index is -0.440. The van der Waals surface area contributed by atoms with Crippen molar-refractivity contribution in [3.8, 4) is 0 Å². The highest BCUT2D eigenvalue weighted by molar-refractivity contribution is 8.13. The summed E-state index contributed by atoms with van der Waals surface area (Å²) in [6.07, 6.45) is 4.38. The highest BCUT2D eigenvalue weighted by Gasteiger charge is 2.38. The minimum Gasteiger partial charge on any atom is -0.294 e. The summed E-state index contributed by atoms with van der Waals surface area (Å²) in [6, 6.07) is 6.14. The molecule has 1 unspecified atom stereocenters. The number of nitrogens with zero attached hydrogens (tertiary/aromatic N) is 3. The lowest BCUT2D eigenvalue weighted by atomic mass is 10.1. The Morgan fingerprint density at radius 3 is 2.64 bits per heavy atom. The number of hydrogen-bond donors (Lipinski definition) is 1. The van der Waals surface area contributed by atoms with Gasteiger partial charge in [-0.15, -0.1) is 0 Å². The van der Waals surface area contributed by atoms with E-state index in [2.05, 4.69) is 23.5 Å². The summed E-state index contributed by atoms with van der Waals surface area (Å²) in [5.41, 5.74) is 6.14. The SMILES string of the molecule is CCCSC1=NNC2C(=O)N(c3cc(C)cc(C)c3)C=CN12. The Labute approximate surface area is 135 Å². The fraction of sp³-hybridized carbons (Fsp3) is 0.375. The number of aryl methyl sites for hydroxylation is 2. The van der Waals surface area contributed by atoms with E-state index in [1.54, 1.807) is 16.7 Å². The number of thioether (sulfide) groups is 1. The van der Waals surface area contributed by atoms with Gasteiger partial charge in [0.2, 0.25) is 6.17 Å². The maximum atomic E-state index is 12.7. The third-order valence-corrected chi connectivity index (χ3v) is 4.72. The molecule has 2 aliphatic rings. The van der Waals surface area contributed by atoms with Gasteiger partial charge in [-0.2, -0.15) is 5.10 Å². The molecule has 2 aliphatic heterocycles. The van der Waals surface area contributed by atoms with Crippen LogP contribution < -0.4 is 10.3 Å². The van der Waals surface area contributed by atoms with E-state index in [0.29, 0.717) is 0 Å². The summed E-state index contributed by atoms with van der Waals surface area (Å²) in [5, 5.41) is 5.15. The normalized spacial score (nSPS) is 20.0. The van der Waals surface area contributed by atoms with Gasteiger partial charge in [-0.3, -0.25) is 20.0 Å². The van der Waals surface area contributed by atoms with Crippen LogP contribution in [-0.2, 0) is 4.79 Å². The molecular formula is C16H20N4OS.